The summed E-state index contributed by atoms with van der Waals surface area (Å²) >= 11 is 1.25. The predicted octanol–water partition coefficient (Wildman–Crippen LogP) is -6.13. The van der Waals surface area contributed by atoms with Crippen LogP contribution in [-0.2, 0) is 57.5 Å². The third kappa shape index (κ3) is 3.91. The van der Waals surface area contributed by atoms with E-state index in [1.807, 2.05) is 0 Å². The van der Waals surface area contributed by atoms with Crippen LogP contribution in [0.1, 0.15) is 0 Å². The Labute approximate surface area is 157 Å². The van der Waals surface area contributed by atoms with E-state index in [4.69, 9.17) is 89.4 Å². The Balaban J connectivity index is 1.86. The summed E-state index contributed by atoms with van der Waals surface area (Å²) in [5.41, 5.74) is 0. The number of quaternary nitrogens is 5. The second-order valence-electron chi connectivity index (χ2n) is 4.40. The number of hydrazine groups is 1. The molecular weight excluding hydrogens is 515 g/mol. The van der Waals surface area contributed by atoms with E-state index >= 15 is 0 Å². The zero-order chi connectivity index (χ0) is 19.7. The highest BCUT2D eigenvalue weighted by Gasteiger charge is 2.80. The molecule has 0 amide bonds. The van der Waals surface area contributed by atoms with Gasteiger partial charge in [-0.3, -0.25) is 0 Å². The number of nitrogens with zero attached hydrogens (tertiary/aromatic N) is 8. The van der Waals surface area contributed by atoms with Crippen LogP contribution in [0.5, 0.6) is 0 Å². The summed E-state index contributed by atoms with van der Waals surface area (Å²) in [5.74, 6) is 33.5. The molecule has 4 rings (SSSR count). The van der Waals surface area contributed by atoms with Gasteiger partial charge in [0, 0.05) is 9.88 Å². The summed E-state index contributed by atoms with van der Waals surface area (Å²) in [6, 6.07) is 0. The van der Waals surface area contributed by atoms with Gasteiger partial charge in [-0.1, -0.05) is 34.2 Å². The molecule has 6 unspecified atom stereocenters. The van der Waals surface area contributed by atoms with Gasteiger partial charge in [0.15, 0.2) is 20.2 Å². The van der Waals surface area contributed by atoms with E-state index < -0.39 is 25.4 Å². The van der Waals surface area contributed by atoms with E-state index in [0.717, 1.165) is 0 Å². The van der Waals surface area contributed by atoms with Crippen molar-refractivity contribution in [1.29, 1.82) is 0 Å². The van der Waals surface area contributed by atoms with Crippen LogP contribution in [0.15, 0.2) is 0 Å². The first-order valence-electron chi connectivity index (χ1n) is 5.90. The van der Waals surface area contributed by atoms with E-state index in [9.17, 15) is 0 Å². The van der Waals surface area contributed by atoms with Crippen LogP contribution in [0.2, 0.25) is 0 Å². The van der Waals surface area contributed by atoms with Crippen molar-refractivity contribution in [3.63, 3.8) is 0 Å². The fraction of sp³-hybridized carbons (Fsp3) is 0. The van der Waals surface area contributed by atoms with Crippen molar-refractivity contribution in [2.75, 3.05) is 0 Å². The topological polar surface area (TPSA) is 277 Å². The average molecular weight is 527 g/mol. The van der Waals surface area contributed by atoms with Gasteiger partial charge >= 0.3 is 20.3 Å². The summed E-state index contributed by atoms with van der Waals surface area (Å²) in [5, 5.41) is -10.9. The van der Waals surface area contributed by atoms with Gasteiger partial charge < -0.3 is 0 Å². The summed E-state index contributed by atoms with van der Waals surface area (Å²) in [6.45, 7) is 0. The molecule has 4 aliphatic rings. The largest absolute Gasteiger partial charge is 0.359 e. The Morgan fingerprint density at radius 2 is 1.07 bits per heavy atom. The third-order valence-electron chi connectivity index (χ3n) is 2.26. The monoisotopic (exact) mass is 527 g/mol. The van der Waals surface area contributed by atoms with Crippen molar-refractivity contribution < 1.29 is 82.9 Å². The second-order valence-corrected chi connectivity index (χ2v) is 4.79. The zero-order valence-electron chi connectivity index (χ0n) is 12.3. The highest BCUT2D eigenvalue weighted by atomic mass is 127. The van der Waals surface area contributed by atoms with E-state index in [-0.39, 0.29) is 16.1 Å². The molecule has 0 aliphatic carbocycles. The van der Waals surface area contributed by atoms with Crippen LogP contribution >= 0.6 is 23.0 Å². The molecule has 26 nitrogen and oxygen atoms in total. The van der Waals surface area contributed by atoms with E-state index in [2.05, 4.69) is 3.17 Å². The van der Waals surface area contributed by atoms with Crippen LogP contribution in [0.25, 0.3) is 0 Å². The molecule has 12 N–H and O–H groups in total. The van der Waals surface area contributed by atoms with Crippen LogP contribution in [-0.4, -0.2) is 41.5 Å². The van der Waals surface area contributed by atoms with E-state index in [0.29, 0.717) is 0 Å². The molecule has 6 bridgehead atoms. The van der Waals surface area contributed by atoms with Gasteiger partial charge in [-0.25, -0.2) is 5.84 Å². The quantitative estimate of drug-likeness (QED) is 0.105. The lowest BCUT2D eigenvalue weighted by molar-refractivity contribution is -1.82. The Bertz CT molecular complexity index is 605. The lowest BCUT2D eigenvalue weighted by atomic mass is 12.1. The van der Waals surface area contributed by atoms with Crippen LogP contribution in [0.4, 0.5) is 0 Å². The summed E-state index contributed by atoms with van der Waals surface area (Å²) in [6.07, 6.45) is 0. The van der Waals surface area contributed by atoms with Gasteiger partial charge in [0.2, 0.25) is 15.3 Å². The number of hydrogen-bond donors (Lipinski definition) is 6. The van der Waals surface area contributed by atoms with Crippen molar-refractivity contribution >= 4 is 23.0 Å². The molecule has 4 heterocycles. The van der Waals surface area contributed by atoms with Crippen LogP contribution in [0, 0.1) is 0 Å². The molecule has 4 fully saturated rings. The summed E-state index contributed by atoms with van der Waals surface area (Å²) in [7, 11) is 0. The van der Waals surface area contributed by atoms with E-state index in [1.54, 1.807) is 0 Å². The first-order chi connectivity index (χ1) is 12.4. The Kier molecular flexibility index (Phi) is 4.51. The molecule has 4 aliphatic heterocycles. The molecule has 27 heteroatoms. The summed E-state index contributed by atoms with van der Waals surface area (Å²) in [4.78, 5) is 53.2. The van der Waals surface area contributed by atoms with Crippen LogP contribution < -0.4 is 35.1 Å². The molecular formula is H12IN14O12+5. The smallest absolute Gasteiger partial charge is 0.209 e. The van der Waals surface area contributed by atoms with Gasteiger partial charge in [-0.05, 0) is 0 Å². The highest BCUT2D eigenvalue weighted by Crippen LogP contribution is 2.35. The minimum atomic E-state index is -2.18. The Morgan fingerprint density at radius 3 is 1.70 bits per heavy atom. The minimum Gasteiger partial charge on any atom is -0.209 e. The van der Waals surface area contributed by atoms with Crippen molar-refractivity contribution in [3.05, 3.63) is 0 Å². The fourth-order valence-electron chi connectivity index (χ4n) is 1.67. The number of halogens is 1. The fourth-order valence-corrected chi connectivity index (χ4v) is 1.82. The number of fused-ring (bicyclic) bond motifs is 4. The Morgan fingerprint density at radius 1 is 0.630 bits per heavy atom. The SMILES string of the molecule is NN1O[N+]2(N)ON3ON(OI)O[N+]4(N)O[N+](N)(O1)O[N+](N)(O2)O[N+](N)(O3)O4. The van der Waals surface area contributed by atoms with E-state index in [1.165, 1.54) is 23.0 Å². The molecule has 0 aromatic rings. The van der Waals surface area contributed by atoms with Gasteiger partial charge in [0.05, 0.1) is 14.8 Å². The molecule has 6 atom stereocenters. The van der Waals surface area contributed by atoms with Crippen molar-refractivity contribution in [2.45, 2.75) is 0 Å². The third-order valence-corrected chi connectivity index (χ3v) is 2.58. The first-order valence-corrected chi connectivity index (χ1v) is 6.78. The van der Waals surface area contributed by atoms with Crippen LogP contribution in [0.3, 0.4) is 0 Å². The van der Waals surface area contributed by atoms with Gasteiger partial charge in [-0.15, -0.1) is 0 Å². The molecule has 0 aromatic heterocycles. The zero-order valence-corrected chi connectivity index (χ0v) is 14.5. The maximum atomic E-state index is 5.65. The minimum absolute atomic E-state index is 0.0499. The Hall–Kier alpha value is -0.310. The molecule has 0 aromatic carbocycles. The molecule has 27 heavy (non-hydrogen) atoms. The standard InChI is InChI=1S/H12IN14O12/c1-16-9-17-10-21-11(3)18-8(2)19-12(4)24-13(5,20-9)25-14(6,22-10)27-15(7,23-11)26-12/h2-7H2/q+5. The highest BCUT2D eigenvalue weighted by molar-refractivity contribution is 14.1. The first kappa shape index (κ1) is 20.0. The predicted molar refractivity (Wildman–Crippen MR) is 59.0 cm³/mol. The van der Waals surface area contributed by atoms with Gasteiger partial charge in [-0.2, -0.15) is 3.17 Å². The lowest BCUT2D eigenvalue weighted by Gasteiger charge is -2.37. The van der Waals surface area contributed by atoms with Crippen molar-refractivity contribution in [2.24, 2.45) is 35.1 Å². The van der Waals surface area contributed by atoms with Gasteiger partial charge in [0.1, 0.15) is 28.3 Å². The second kappa shape index (κ2) is 6.09. The molecule has 0 saturated carbocycles. The maximum Gasteiger partial charge on any atom is 0.359 e. The number of hydrogen-bond acceptors (Lipinski definition) is 21. The van der Waals surface area contributed by atoms with Crippen molar-refractivity contribution in [3.8, 4) is 0 Å². The lowest BCUT2D eigenvalue weighted by Crippen LogP contribution is -2.86. The summed E-state index contributed by atoms with van der Waals surface area (Å²) < 4.78 is 4.60. The average Bonchev–Trinajstić information content (AvgIpc) is 2.37. The number of rotatable bonds is 1. The maximum absolute atomic E-state index is 5.65. The molecule has 156 valence electrons. The normalized spacial score (nSPS) is 54.6. The van der Waals surface area contributed by atoms with Crippen molar-refractivity contribution in [1.82, 2.24) is 16.1 Å². The molecule has 0 spiro atoms. The van der Waals surface area contributed by atoms with Gasteiger partial charge in [0.25, 0.3) is 5.08 Å². The molecule has 0 radical (unpaired) electrons. The number of nitrogens with two attached hydrogens (primary N) is 6. The molecule has 4 saturated heterocycles.